The molecule has 0 aromatic heterocycles. The molecule has 1 saturated heterocycles. The lowest BCUT2D eigenvalue weighted by atomic mass is 10.4. The van der Waals surface area contributed by atoms with Crippen LogP contribution in [0.2, 0.25) is 0 Å². The van der Waals surface area contributed by atoms with Crippen molar-refractivity contribution in [2.24, 2.45) is 0 Å². The summed E-state index contributed by atoms with van der Waals surface area (Å²) in [6.07, 6.45) is -0.0130. The minimum Gasteiger partial charge on any atom is -0.246 e. The molecule has 0 aliphatic carbocycles. The van der Waals surface area contributed by atoms with Gasteiger partial charge in [-0.1, -0.05) is 0 Å². The molecule has 48 valence electrons. The molecule has 0 N–H and O–H groups in total. The predicted octanol–water partition coefficient (Wildman–Crippen LogP) is 1.83. The summed E-state index contributed by atoms with van der Waals surface area (Å²) in [7, 11) is 5.35. The van der Waals surface area contributed by atoms with Crippen molar-refractivity contribution in [3.63, 3.8) is 0 Å². The molecule has 0 saturated carbocycles. The second kappa shape index (κ2) is 2.90. The van der Waals surface area contributed by atoms with Crippen molar-refractivity contribution in [2.75, 3.05) is 13.1 Å². The molecule has 1 atom stereocenters. The third-order valence-electron chi connectivity index (χ3n) is 1.19. The highest BCUT2D eigenvalue weighted by Crippen LogP contribution is 2.22. The van der Waals surface area contributed by atoms with Gasteiger partial charge in [-0.15, -0.1) is 0 Å². The van der Waals surface area contributed by atoms with Crippen molar-refractivity contribution in [1.29, 1.82) is 0 Å². The summed E-state index contributed by atoms with van der Waals surface area (Å²) in [6, 6.07) is 0. The summed E-state index contributed by atoms with van der Waals surface area (Å²) >= 11 is 1.10. The minimum atomic E-state index is -0.652. The fourth-order valence-electron chi connectivity index (χ4n) is 0.750. The van der Waals surface area contributed by atoms with E-state index in [0.29, 0.717) is 13.0 Å². The van der Waals surface area contributed by atoms with E-state index >= 15 is 0 Å². The third-order valence-corrected chi connectivity index (χ3v) is 2.30. The summed E-state index contributed by atoms with van der Waals surface area (Å²) in [4.78, 5) is 0. The maximum absolute atomic E-state index is 12.2. The third kappa shape index (κ3) is 1.50. The molecule has 0 radical (unpaired) electrons. The number of nitrogens with zero attached hydrogens (tertiary/aromatic N) is 1. The maximum Gasteiger partial charge on any atom is 0.115 e. The second-order valence-electron chi connectivity index (χ2n) is 1.84. The van der Waals surface area contributed by atoms with Crippen LogP contribution in [0.3, 0.4) is 0 Å². The Balaban J connectivity index is 2.22. The zero-order valence-corrected chi connectivity index (χ0v) is 5.88. The minimum absolute atomic E-state index is 0.494. The van der Waals surface area contributed by atoms with Gasteiger partial charge < -0.3 is 0 Å². The van der Waals surface area contributed by atoms with Crippen molar-refractivity contribution in [3.05, 3.63) is 0 Å². The normalized spacial score (nSPS) is 31.5. The number of alkyl halides is 1. The molecule has 0 aromatic rings. The zero-order chi connectivity index (χ0) is 5.98. The number of hydrogen-bond donors (Lipinski definition) is 0. The van der Waals surface area contributed by atoms with Crippen molar-refractivity contribution in [2.45, 2.75) is 12.6 Å². The molecule has 1 aliphatic rings. The molecular formula is C4H7ClFNS. The standard InChI is InChI=1S/C4H7ClFNS/c5-8-7-2-1-4(6)3-7/h4H,1-3H2/t4-/m1/s1. The van der Waals surface area contributed by atoms with Crippen LogP contribution in [-0.4, -0.2) is 23.6 Å². The Labute approximate surface area is 56.8 Å². The van der Waals surface area contributed by atoms with Gasteiger partial charge in [-0.05, 0) is 17.1 Å². The van der Waals surface area contributed by atoms with Gasteiger partial charge in [0.25, 0.3) is 0 Å². The highest BCUT2D eigenvalue weighted by atomic mass is 35.7. The van der Waals surface area contributed by atoms with E-state index in [1.54, 1.807) is 0 Å². The Bertz CT molecular complexity index is 82.4. The molecule has 0 aromatic carbocycles. The first-order valence-corrected chi connectivity index (χ1v) is 4.10. The fraction of sp³-hybridized carbons (Fsp3) is 1.00. The van der Waals surface area contributed by atoms with Gasteiger partial charge in [0, 0.05) is 24.3 Å². The average Bonchev–Trinajstić information content (AvgIpc) is 2.14. The molecule has 0 amide bonds. The van der Waals surface area contributed by atoms with Crippen molar-refractivity contribution in [1.82, 2.24) is 4.31 Å². The first kappa shape index (κ1) is 6.65. The van der Waals surface area contributed by atoms with Crippen LogP contribution in [0.1, 0.15) is 6.42 Å². The van der Waals surface area contributed by atoms with Crippen molar-refractivity contribution in [3.8, 4) is 0 Å². The van der Waals surface area contributed by atoms with E-state index in [-0.39, 0.29) is 0 Å². The molecule has 8 heavy (non-hydrogen) atoms. The molecule has 1 nitrogen and oxygen atoms in total. The summed E-state index contributed by atoms with van der Waals surface area (Å²) < 4.78 is 14.1. The van der Waals surface area contributed by atoms with Crippen molar-refractivity contribution >= 4 is 21.8 Å². The number of halogens is 2. The van der Waals surface area contributed by atoms with Gasteiger partial charge in [0.15, 0.2) is 0 Å². The Kier molecular flexibility index (Phi) is 2.41. The van der Waals surface area contributed by atoms with E-state index < -0.39 is 6.17 Å². The van der Waals surface area contributed by atoms with Crippen LogP contribution in [0.5, 0.6) is 0 Å². The van der Waals surface area contributed by atoms with Crippen molar-refractivity contribution < 1.29 is 4.39 Å². The van der Waals surface area contributed by atoms with Gasteiger partial charge in [0.2, 0.25) is 0 Å². The second-order valence-corrected chi connectivity index (χ2v) is 2.91. The molecule has 1 heterocycles. The Morgan fingerprint density at radius 2 is 2.50 bits per heavy atom. The maximum atomic E-state index is 12.2. The summed E-state index contributed by atoms with van der Waals surface area (Å²) in [5, 5.41) is 0. The van der Waals surface area contributed by atoms with Crippen LogP contribution in [-0.2, 0) is 0 Å². The number of hydrogen-bond acceptors (Lipinski definition) is 2. The smallest absolute Gasteiger partial charge is 0.115 e. The van der Waals surface area contributed by atoms with Crippen LogP contribution in [0, 0.1) is 0 Å². The molecule has 0 spiro atoms. The fourth-order valence-corrected chi connectivity index (χ4v) is 1.52. The average molecular weight is 156 g/mol. The monoisotopic (exact) mass is 155 g/mol. The lowest BCUT2D eigenvalue weighted by Crippen LogP contribution is -2.09. The zero-order valence-electron chi connectivity index (χ0n) is 4.31. The van der Waals surface area contributed by atoms with Crippen LogP contribution >= 0.6 is 21.8 Å². The molecule has 1 rings (SSSR count). The lowest BCUT2D eigenvalue weighted by molar-refractivity contribution is 0.349. The molecule has 0 unspecified atom stereocenters. The van der Waals surface area contributed by atoms with Gasteiger partial charge in [-0.2, -0.15) is 0 Å². The van der Waals surface area contributed by atoms with Crippen LogP contribution in [0.25, 0.3) is 0 Å². The van der Waals surface area contributed by atoms with Gasteiger partial charge in [-0.25, -0.2) is 8.70 Å². The van der Waals surface area contributed by atoms with E-state index in [9.17, 15) is 4.39 Å². The summed E-state index contributed by atoms with van der Waals surface area (Å²) in [5.41, 5.74) is 0. The topological polar surface area (TPSA) is 3.24 Å². The first-order valence-electron chi connectivity index (χ1n) is 2.50. The van der Waals surface area contributed by atoms with E-state index in [2.05, 4.69) is 0 Å². The SMILES string of the molecule is F[C@@H]1CCN(SCl)C1. The molecular weight excluding hydrogens is 149 g/mol. The van der Waals surface area contributed by atoms with Gasteiger partial charge in [-0.3, -0.25) is 0 Å². The van der Waals surface area contributed by atoms with Gasteiger partial charge in [0.05, 0.1) is 0 Å². The molecule has 0 bridgehead atoms. The molecule has 4 heteroatoms. The van der Waals surface area contributed by atoms with Gasteiger partial charge >= 0.3 is 0 Å². The van der Waals surface area contributed by atoms with E-state index in [1.807, 2.05) is 4.31 Å². The van der Waals surface area contributed by atoms with Gasteiger partial charge in [0.1, 0.15) is 6.17 Å². The Hall–Kier alpha value is 0.530. The quantitative estimate of drug-likeness (QED) is 0.532. The molecule has 1 aliphatic heterocycles. The lowest BCUT2D eigenvalue weighted by Gasteiger charge is -2.04. The summed E-state index contributed by atoms with van der Waals surface area (Å²) in [5.74, 6) is 0. The van der Waals surface area contributed by atoms with Crippen LogP contribution in [0.4, 0.5) is 4.39 Å². The Morgan fingerprint density at radius 1 is 1.75 bits per heavy atom. The van der Waals surface area contributed by atoms with Crippen LogP contribution < -0.4 is 0 Å². The Morgan fingerprint density at radius 3 is 2.75 bits per heavy atom. The van der Waals surface area contributed by atoms with E-state index in [0.717, 1.165) is 17.7 Å². The summed E-state index contributed by atoms with van der Waals surface area (Å²) in [6.45, 7) is 1.28. The predicted molar refractivity (Wildman–Crippen MR) is 34.5 cm³/mol. The van der Waals surface area contributed by atoms with E-state index in [4.69, 9.17) is 10.7 Å². The van der Waals surface area contributed by atoms with E-state index in [1.165, 1.54) is 0 Å². The molecule has 1 fully saturated rings. The first-order chi connectivity index (χ1) is 3.83. The largest absolute Gasteiger partial charge is 0.246 e. The number of rotatable bonds is 1. The highest BCUT2D eigenvalue weighted by Gasteiger charge is 2.21. The highest BCUT2D eigenvalue weighted by molar-refractivity contribution is 8.19. The van der Waals surface area contributed by atoms with Crippen LogP contribution in [0.15, 0.2) is 0 Å².